The van der Waals surface area contributed by atoms with Crippen LogP contribution in [0.2, 0.25) is 0 Å². The number of carbonyl (C=O) groups is 1. The highest BCUT2D eigenvalue weighted by Crippen LogP contribution is 2.27. The maximum absolute atomic E-state index is 12.9. The number of rotatable bonds is 4. The molecule has 1 aromatic carbocycles. The number of aromatic nitrogens is 3. The average molecular weight is 340 g/mol. The summed E-state index contributed by atoms with van der Waals surface area (Å²) < 4.78 is 0. The van der Waals surface area contributed by atoms with Crippen LogP contribution in [-0.4, -0.2) is 33.0 Å². The lowest BCUT2D eigenvalue weighted by Crippen LogP contribution is -2.30. The van der Waals surface area contributed by atoms with Crippen molar-refractivity contribution in [1.29, 1.82) is 0 Å². The van der Waals surface area contributed by atoms with Gasteiger partial charge in [0.1, 0.15) is 5.01 Å². The number of H-pyrrole nitrogens is 1. The molecule has 0 saturated carbocycles. The number of amides is 1. The summed E-state index contributed by atoms with van der Waals surface area (Å²) in [6.07, 6.45) is 1.77. The largest absolute Gasteiger partial charge is 0.335 e. The lowest BCUT2D eigenvalue weighted by molar-refractivity contribution is 0.0742. The van der Waals surface area contributed by atoms with E-state index in [-0.39, 0.29) is 11.9 Å². The van der Waals surface area contributed by atoms with Crippen molar-refractivity contribution in [3.05, 3.63) is 58.4 Å². The van der Waals surface area contributed by atoms with Gasteiger partial charge in [0, 0.05) is 41.0 Å². The van der Waals surface area contributed by atoms with Gasteiger partial charge in [-0.3, -0.25) is 9.89 Å². The standard InChI is InChI=1S/C18H20N4OS/c1-11-16(12(2)21-20-11)13(3)22(4)18(23)15-7-5-6-14(10-15)17-19-8-9-24-17/h5-10,13H,1-4H3,(H,20,21)/t13-/m0/s1. The summed E-state index contributed by atoms with van der Waals surface area (Å²) in [6.45, 7) is 5.96. The van der Waals surface area contributed by atoms with Gasteiger partial charge in [0.2, 0.25) is 0 Å². The van der Waals surface area contributed by atoms with Crippen molar-refractivity contribution < 1.29 is 4.79 Å². The minimum Gasteiger partial charge on any atom is -0.335 e. The Kier molecular flexibility index (Phi) is 4.49. The lowest BCUT2D eigenvalue weighted by Gasteiger charge is -2.25. The molecule has 1 atom stereocenters. The van der Waals surface area contributed by atoms with Crippen molar-refractivity contribution in [3.8, 4) is 10.6 Å². The predicted octanol–water partition coefficient (Wildman–Crippen LogP) is 3.98. The molecule has 0 aliphatic rings. The highest BCUT2D eigenvalue weighted by Gasteiger charge is 2.23. The Labute approximate surface area is 145 Å². The molecule has 0 unspecified atom stereocenters. The van der Waals surface area contributed by atoms with E-state index in [0.717, 1.165) is 27.5 Å². The molecule has 5 nitrogen and oxygen atoms in total. The molecule has 1 amide bonds. The van der Waals surface area contributed by atoms with E-state index in [4.69, 9.17) is 0 Å². The van der Waals surface area contributed by atoms with Crippen LogP contribution in [0, 0.1) is 13.8 Å². The fourth-order valence-electron chi connectivity index (χ4n) is 2.90. The molecular weight excluding hydrogens is 320 g/mol. The summed E-state index contributed by atoms with van der Waals surface area (Å²) in [5.41, 5.74) is 4.62. The summed E-state index contributed by atoms with van der Waals surface area (Å²) in [4.78, 5) is 19.0. The molecule has 3 aromatic rings. The van der Waals surface area contributed by atoms with Gasteiger partial charge < -0.3 is 4.90 Å². The number of aromatic amines is 1. The Balaban J connectivity index is 1.87. The number of thiazole rings is 1. The Morgan fingerprint density at radius 1 is 1.33 bits per heavy atom. The second-order valence-corrected chi connectivity index (χ2v) is 6.75. The van der Waals surface area contributed by atoms with Gasteiger partial charge in [-0.15, -0.1) is 11.3 Å². The van der Waals surface area contributed by atoms with Crippen molar-refractivity contribution >= 4 is 17.2 Å². The zero-order valence-electron chi connectivity index (χ0n) is 14.2. The molecule has 0 bridgehead atoms. The summed E-state index contributed by atoms with van der Waals surface area (Å²) in [7, 11) is 1.83. The van der Waals surface area contributed by atoms with Gasteiger partial charge in [0.25, 0.3) is 5.91 Å². The molecular formula is C18H20N4OS. The third-order valence-corrected chi connectivity index (χ3v) is 5.12. The molecule has 1 N–H and O–H groups in total. The van der Waals surface area contributed by atoms with Crippen molar-refractivity contribution in [1.82, 2.24) is 20.1 Å². The zero-order chi connectivity index (χ0) is 17.3. The molecule has 0 saturated heterocycles. The molecule has 124 valence electrons. The minimum atomic E-state index is -0.0558. The summed E-state index contributed by atoms with van der Waals surface area (Å²) in [5.74, 6) is -0.0130. The highest BCUT2D eigenvalue weighted by molar-refractivity contribution is 7.13. The van der Waals surface area contributed by atoms with Crippen LogP contribution in [0.4, 0.5) is 0 Å². The van der Waals surface area contributed by atoms with Gasteiger partial charge in [0.05, 0.1) is 11.7 Å². The van der Waals surface area contributed by atoms with E-state index in [2.05, 4.69) is 15.2 Å². The van der Waals surface area contributed by atoms with Gasteiger partial charge >= 0.3 is 0 Å². The fraction of sp³-hybridized carbons (Fsp3) is 0.278. The molecule has 0 radical (unpaired) electrons. The van der Waals surface area contributed by atoms with E-state index in [1.807, 2.05) is 57.5 Å². The smallest absolute Gasteiger partial charge is 0.254 e. The van der Waals surface area contributed by atoms with Gasteiger partial charge in [-0.2, -0.15) is 5.10 Å². The second kappa shape index (κ2) is 6.57. The van der Waals surface area contributed by atoms with E-state index >= 15 is 0 Å². The maximum atomic E-state index is 12.9. The molecule has 6 heteroatoms. The number of hydrogen-bond donors (Lipinski definition) is 1. The van der Waals surface area contributed by atoms with E-state index in [1.54, 1.807) is 22.4 Å². The van der Waals surface area contributed by atoms with Crippen LogP contribution in [0.15, 0.2) is 35.8 Å². The third kappa shape index (κ3) is 2.97. The van der Waals surface area contributed by atoms with E-state index in [0.29, 0.717) is 5.56 Å². The first kappa shape index (κ1) is 16.4. The SMILES string of the molecule is Cc1n[nH]c(C)c1[C@H](C)N(C)C(=O)c1cccc(-c2nccs2)c1. The quantitative estimate of drug-likeness (QED) is 0.781. The van der Waals surface area contributed by atoms with E-state index in [1.165, 1.54) is 0 Å². The van der Waals surface area contributed by atoms with Crippen molar-refractivity contribution in [2.24, 2.45) is 0 Å². The zero-order valence-corrected chi connectivity index (χ0v) is 15.0. The fourth-order valence-corrected chi connectivity index (χ4v) is 3.53. The van der Waals surface area contributed by atoms with Crippen molar-refractivity contribution in [3.63, 3.8) is 0 Å². The van der Waals surface area contributed by atoms with Crippen LogP contribution in [0.5, 0.6) is 0 Å². The Morgan fingerprint density at radius 2 is 2.12 bits per heavy atom. The third-order valence-electron chi connectivity index (χ3n) is 4.29. The maximum Gasteiger partial charge on any atom is 0.254 e. The molecule has 0 spiro atoms. The van der Waals surface area contributed by atoms with Crippen LogP contribution >= 0.6 is 11.3 Å². The Hall–Kier alpha value is -2.47. The molecule has 0 aliphatic carbocycles. The Morgan fingerprint density at radius 3 is 2.75 bits per heavy atom. The van der Waals surface area contributed by atoms with E-state index < -0.39 is 0 Å². The molecule has 2 heterocycles. The second-order valence-electron chi connectivity index (χ2n) is 5.86. The number of nitrogens with zero attached hydrogens (tertiary/aromatic N) is 3. The van der Waals surface area contributed by atoms with Crippen LogP contribution in [0.25, 0.3) is 10.6 Å². The molecule has 3 rings (SSSR count). The Bertz CT molecular complexity index is 834. The number of benzene rings is 1. The van der Waals surface area contributed by atoms with Gasteiger partial charge in [-0.25, -0.2) is 4.98 Å². The minimum absolute atomic E-state index is 0.0130. The highest BCUT2D eigenvalue weighted by atomic mass is 32.1. The number of aryl methyl sites for hydroxylation is 2. The van der Waals surface area contributed by atoms with Crippen LogP contribution in [0.3, 0.4) is 0 Å². The first-order valence-electron chi connectivity index (χ1n) is 7.77. The van der Waals surface area contributed by atoms with Crippen LogP contribution in [0.1, 0.15) is 40.3 Å². The summed E-state index contributed by atoms with van der Waals surface area (Å²) >= 11 is 1.56. The van der Waals surface area contributed by atoms with Gasteiger partial charge in [-0.05, 0) is 32.9 Å². The van der Waals surface area contributed by atoms with Crippen LogP contribution in [-0.2, 0) is 0 Å². The van der Waals surface area contributed by atoms with Crippen molar-refractivity contribution in [2.75, 3.05) is 7.05 Å². The first-order chi connectivity index (χ1) is 11.5. The van der Waals surface area contributed by atoms with Crippen LogP contribution < -0.4 is 0 Å². The predicted molar refractivity (Wildman–Crippen MR) is 96.1 cm³/mol. The monoisotopic (exact) mass is 340 g/mol. The topological polar surface area (TPSA) is 61.9 Å². The van der Waals surface area contributed by atoms with Crippen molar-refractivity contribution in [2.45, 2.75) is 26.8 Å². The van der Waals surface area contributed by atoms with E-state index in [9.17, 15) is 4.79 Å². The van der Waals surface area contributed by atoms with Gasteiger partial charge in [0.15, 0.2) is 0 Å². The number of carbonyl (C=O) groups excluding carboxylic acids is 1. The molecule has 0 aliphatic heterocycles. The van der Waals surface area contributed by atoms with Gasteiger partial charge in [-0.1, -0.05) is 12.1 Å². The first-order valence-corrected chi connectivity index (χ1v) is 8.65. The average Bonchev–Trinajstić information content (AvgIpc) is 3.23. The molecule has 0 fully saturated rings. The normalized spacial score (nSPS) is 12.2. The summed E-state index contributed by atoms with van der Waals surface area (Å²) in [6, 6.07) is 7.57. The molecule has 2 aromatic heterocycles. The number of nitrogens with one attached hydrogen (secondary N) is 1. The molecule has 24 heavy (non-hydrogen) atoms. The lowest BCUT2D eigenvalue weighted by atomic mass is 10.0. The number of hydrogen-bond acceptors (Lipinski definition) is 4. The summed E-state index contributed by atoms with van der Waals surface area (Å²) in [5, 5.41) is 10.1.